The lowest BCUT2D eigenvalue weighted by Crippen LogP contribution is -2.43. The van der Waals surface area contributed by atoms with Gasteiger partial charge < -0.3 is 15.0 Å². The Kier molecular flexibility index (Phi) is 6.85. The number of carbonyl (C=O) groups excluding carboxylic acids is 2. The van der Waals surface area contributed by atoms with E-state index in [1.54, 1.807) is 0 Å². The van der Waals surface area contributed by atoms with E-state index in [0.29, 0.717) is 19.4 Å². The van der Waals surface area contributed by atoms with E-state index in [-0.39, 0.29) is 11.9 Å². The van der Waals surface area contributed by atoms with Gasteiger partial charge in [0.25, 0.3) is 0 Å². The molecule has 1 amide bonds. The summed E-state index contributed by atoms with van der Waals surface area (Å²) in [4.78, 5) is 27.5. The van der Waals surface area contributed by atoms with Crippen molar-refractivity contribution in [2.45, 2.75) is 52.0 Å². The highest BCUT2D eigenvalue weighted by molar-refractivity contribution is 5.87. The fourth-order valence-electron chi connectivity index (χ4n) is 2.62. The molecule has 2 rings (SSSR count). The topological polar surface area (TPSA) is 71.2 Å². The lowest BCUT2D eigenvalue weighted by molar-refractivity contribution is -0.148. The quantitative estimate of drug-likeness (QED) is 0.547. The zero-order valence-corrected chi connectivity index (χ0v) is 14.4. The maximum atomic E-state index is 12.4. The number of benzene rings is 1. The number of rotatable bonds is 9. The first kappa shape index (κ1) is 18.0. The Labute approximate surface area is 142 Å². The third-order valence-electron chi connectivity index (χ3n) is 3.94. The Hall–Kier alpha value is -2.30. The Bertz CT molecular complexity index is 678. The van der Waals surface area contributed by atoms with E-state index in [1.165, 1.54) is 0 Å². The van der Waals surface area contributed by atoms with Crippen LogP contribution in [0.4, 0.5) is 0 Å². The summed E-state index contributed by atoms with van der Waals surface area (Å²) in [6.07, 6.45) is 5.26. The Morgan fingerprint density at radius 2 is 2.00 bits per heavy atom. The van der Waals surface area contributed by atoms with E-state index < -0.39 is 6.04 Å². The molecule has 0 spiro atoms. The number of esters is 1. The minimum absolute atomic E-state index is 0.116. The van der Waals surface area contributed by atoms with Crippen molar-refractivity contribution in [1.82, 2.24) is 10.3 Å². The van der Waals surface area contributed by atoms with Gasteiger partial charge in [-0.2, -0.15) is 0 Å². The van der Waals surface area contributed by atoms with Crippen molar-refractivity contribution in [3.8, 4) is 0 Å². The van der Waals surface area contributed by atoms with Gasteiger partial charge >= 0.3 is 5.97 Å². The number of hydrogen-bond acceptors (Lipinski definition) is 3. The van der Waals surface area contributed by atoms with Gasteiger partial charge in [0.05, 0.1) is 6.61 Å². The van der Waals surface area contributed by atoms with Crippen molar-refractivity contribution in [3.63, 3.8) is 0 Å². The van der Waals surface area contributed by atoms with Gasteiger partial charge in [-0.3, -0.25) is 4.79 Å². The molecule has 5 heteroatoms. The number of para-hydroxylation sites is 1. The number of aromatic amines is 1. The number of fused-ring (bicyclic) bond motifs is 1. The smallest absolute Gasteiger partial charge is 0.328 e. The summed E-state index contributed by atoms with van der Waals surface area (Å²) >= 11 is 0. The fourth-order valence-corrected chi connectivity index (χ4v) is 2.62. The van der Waals surface area contributed by atoms with Crippen molar-refractivity contribution < 1.29 is 14.3 Å². The van der Waals surface area contributed by atoms with Gasteiger partial charge in [0, 0.05) is 29.9 Å². The summed E-state index contributed by atoms with van der Waals surface area (Å²) in [5.74, 6) is -0.479. The molecule has 0 bridgehead atoms. The van der Waals surface area contributed by atoms with Crippen molar-refractivity contribution >= 4 is 22.8 Å². The van der Waals surface area contributed by atoms with Gasteiger partial charge in [0.2, 0.25) is 5.91 Å². The van der Waals surface area contributed by atoms with Crippen LogP contribution in [0.5, 0.6) is 0 Å². The van der Waals surface area contributed by atoms with Crippen molar-refractivity contribution in [1.29, 1.82) is 0 Å². The standard InChI is InChI=1S/C19H26N2O3/c1-3-5-11-24-19(23)17(21-18(22)8-4-2)12-14-13-20-16-10-7-6-9-15(14)16/h6-7,9-10,13,17,20H,3-5,8,11-12H2,1-2H3,(H,21,22)/t17-/m0/s1. The molecule has 0 radical (unpaired) electrons. The second-order valence-electron chi connectivity index (χ2n) is 5.95. The Morgan fingerprint density at radius 1 is 1.21 bits per heavy atom. The number of ether oxygens (including phenoxy) is 1. The number of unbranched alkanes of at least 4 members (excludes halogenated alkanes) is 1. The largest absolute Gasteiger partial charge is 0.464 e. The van der Waals surface area contributed by atoms with Crippen LogP contribution < -0.4 is 5.32 Å². The van der Waals surface area contributed by atoms with E-state index >= 15 is 0 Å². The van der Waals surface area contributed by atoms with Crippen LogP contribution >= 0.6 is 0 Å². The predicted molar refractivity (Wildman–Crippen MR) is 94.7 cm³/mol. The molecule has 24 heavy (non-hydrogen) atoms. The van der Waals surface area contributed by atoms with Crippen molar-refractivity contribution in [2.75, 3.05) is 6.61 Å². The zero-order valence-electron chi connectivity index (χ0n) is 14.4. The molecule has 130 valence electrons. The van der Waals surface area contributed by atoms with E-state index in [4.69, 9.17) is 4.74 Å². The van der Waals surface area contributed by atoms with Crippen LogP contribution in [0.15, 0.2) is 30.5 Å². The van der Waals surface area contributed by atoms with Crippen LogP contribution in [0.3, 0.4) is 0 Å². The molecule has 2 N–H and O–H groups in total. The van der Waals surface area contributed by atoms with Gasteiger partial charge in [0.15, 0.2) is 0 Å². The normalized spacial score (nSPS) is 12.1. The number of nitrogens with one attached hydrogen (secondary N) is 2. The first-order valence-electron chi connectivity index (χ1n) is 8.66. The lowest BCUT2D eigenvalue weighted by Gasteiger charge is -2.17. The number of hydrogen-bond donors (Lipinski definition) is 2. The highest BCUT2D eigenvalue weighted by Crippen LogP contribution is 2.19. The summed E-state index contributed by atoms with van der Waals surface area (Å²) in [6, 6.07) is 7.27. The molecular weight excluding hydrogens is 304 g/mol. The minimum Gasteiger partial charge on any atom is -0.464 e. The van der Waals surface area contributed by atoms with Crippen LogP contribution in [0.2, 0.25) is 0 Å². The number of aromatic nitrogens is 1. The maximum Gasteiger partial charge on any atom is 0.328 e. The summed E-state index contributed by atoms with van der Waals surface area (Å²) in [7, 11) is 0. The van der Waals surface area contributed by atoms with Crippen molar-refractivity contribution in [3.05, 3.63) is 36.0 Å². The molecule has 0 saturated heterocycles. The molecule has 1 heterocycles. The molecule has 0 aliphatic rings. The molecular formula is C19H26N2O3. The van der Waals surface area contributed by atoms with E-state index in [2.05, 4.69) is 10.3 Å². The minimum atomic E-state index is -0.653. The summed E-state index contributed by atoms with van der Waals surface area (Å²) in [5.41, 5.74) is 2.02. The first-order chi connectivity index (χ1) is 11.7. The lowest BCUT2D eigenvalue weighted by atomic mass is 10.0. The Balaban J connectivity index is 2.12. The van der Waals surface area contributed by atoms with Gasteiger partial charge in [-0.15, -0.1) is 0 Å². The van der Waals surface area contributed by atoms with Gasteiger partial charge in [-0.25, -0.2) is 4.79 Å². The SMILES string of the molecule is CCCCOC(=O)[C@H](Cc1c[nH]c2ccccc12)NC(=O)CCC. The molecule has 0 unspecified atom stereocenters. The molecule has 1 aromatic carbocycles. The molecule has 0 saturated carbocycles. The fraction of sp³-hybridized carbons (Fsp3) is 0.474. The highest BCUT2D eigenvalue weighted by atomic mass is 16.5. The Morgan fingerprint density at radius 3 is 2.75 bits per heavy atom. The highest BCUT2D eigenvalue weighted by Gasteiger charge is 2.23. The second kappa shape index (κ2) is 9.11. The van der Waals surface area contributed by atoms with E-state index in [1.807, 2.05) is 44.3 Å². The monoisotopic (exact) mass is 330 g/mol. The molecule has 1 atom stereocenters. The molecule has 0 aliphatic carbocycles. The molecule has 0 aliphatic heterocycles. The van der Waals surface area contributed by atoms with Gasteiger partial charge in [0.1, 0.15) is 6.04 Å². The van der Waals surface area contributed by atoms with Crippen LogP contribution in [0, 0.1) is 0 Å². The molecule has 5 nitrogen and oxygen atoms in total. The molecule has 0 fully saturated rings. The van der Waals surface area contributed by atoms with Crippen LogP contribution in [0.25, 0.3) is 10.9 Å². The average Bonchev–Trinajstić information content (AvgIpc) is 2.98. The summed E-state index contributed by atoms with van der Waals surface area (Å²) < 4.78 is 5.32. The molecule has 1 aromatic heterocycles. The summed E-state index contributed by atoms with van der Waals surface area (Å²) in [6.45, 7) is 4.37. The zero-order chi connectivity index (χ0) is 17.4. The van der Waals surface area contributed by atoms with Crippen molar-refractivity contribution in [2.24, 2.45) is 0 Å². The van der Waals surface area contributed by atoms with Gasteiger partial charge in [-0.05, 0) is 24.5 Å². The first-order valence-corrected chi connectivity index (χ1v) is 8.66. The predicted octanol–water partition coefficient (Wildman–Crippen LogP) is 3.34. The third kappa shape index (κ3) is 4.85. The third-order valence-corrected chi connectivity index (χ3v) is 3.94. The number of H-pyrrole nitrogens is 1. The van der Waals surface area contributed by atoms with Crippen LogP contribution in [0.1, 0.15) is 45.1 Å². The number of amides is 1. The van der Waals surface area contributed by atoms with Gasteiger partial charge in [-0.1, -0.05) is 38.5 Å². The number of carbonyl (C=O) groups is 2. The molecule has 2 aromatic rings. The van der Waals surface area contributed by atoms with E-state index in [0.717, 1.165) is 35.7 Å². The average molecular weight is 330 g/mol. The second-order valence-corrected chi connectivity index (χ2v) is 5.95. The van der Waals surface area contributed by atoms with Crippen LogP contribution in [-0.4, -0.2) is 29.5 Å². The van der Waals surface area contributed by atoms with Crippen LogP contribution in [-0.2, 0) is 20.7 Å². The van der Waals surface area contributed by atoms with E-state index in [9.17, 15) is 9.59 Å². The summed E-state index contributed by atoms with van der Waals surface area (Å²) in [5, 5.41) is 3.88. The maximum absolute atomic E-state index is 12.4.